The number of benzene rings is 2. The molecule has 0 fully saturated rings. The van der Waals surface area contributed by atoms with Crippen LogP contribution in [0.1, 0.15) is 76.1 Å². The fraction of sp³-hybridized carbons (Fsp3) is 0.500. The minimum atomic E-state index is -0.460. The summed E-state index contributed by atoms with van der Waals surface area (Å²) in [6, 6.07) is 16.2. The van der Waals surface area contributed by atoms with Crippen molar-refractivity contribution < 1.29 is 9.59 Å². The zero-order valence-electron chi connectivity index (χ0n) is 20.7. The van der Waals surface area contributed by atoms with Gasteiger partial charge in [0.25, 0.3) is 0 Å². The molecule has 4 nitrogen and oxygen atoms in total. The van der Waals surface area contributed by atoms with Gasteiger partial charge in [-0.25, -0.2) is 0 Å². The molecule has 0 aliphatic carbocycles. The maximum absolute atomic E-state index is 13.3. The lowest BCUT2D eigenvalue weighted by molar-refractivity contribution is -0.141. The second-order valence-electron chi connectivity index (χ2n) is 9.67. The first-order chi connectivity index (χ1) is 15.2. The van der Waals surface area contributed by atoms with Crippen LogP contribution >= 0.6 is 0 Å². The molecule has 32 heavy (non-hydrogen) atoms. The minimum Gasteiger partial charge on any atom is -0.354 e. The van der Waals surface area contributed by atoms with Crippen molar-refractivity contribution in [2.24, 2.45) is 0 Å². The maximum atomic E-state index is 13.3. The predicted molar refractivity (Wildman–Crippen MR) is 133 cm³/mol. The van der Waals surface area contributed by atoms with Crippen molar-refractivity contribution >= 4 is 11.8 Å². The van der Waals surface area contributed by atoms with E-state index in [0.717, 1.165) is 17.5 Å². The van der Waals surface area contributed by atoms with E-state index in [1.165, 1.54) is 11.1 Å². The van der Waals surface area contributed by atoms with Gasteiger partial charge in [0.1, 0.15) is 6.04 Å². The minimum absolute atomic E-state index is 0.0176. The Balaban J connectivity index is 2.16. The van der Waals surface area contributed by atoms with Gasteiger partial charge >= 0.3 is 0 Å². The molecule has 0 aliphatic heterocycles. The second-order valence-corrected chi connectivity index (χ2v) is 9.67. The van der Waals surface area contributed by atoms with E-state index in [2.05, 4.69) is 50.4 Å². The van der Waals surface area contributed by atoms with Crippen molar-refractivity contribution in [1.82, 2.24) is 10.2 Å². The van der Waals surface area contributed by atoms with Gasteiger partial charge in [0.15, 0.2) is 0 Å². The first-order valence-electron chi connectivity index (χ1n) is 11.9. The highest BCUT2D eigenvalue weighted by Gasteiger charge is 2.28. The molecular weight excluding hydrogens is 396 g/mol. The third-order valence-corrected chi connectivity index (χ3v) is 5.86. The quantitative estimate of drug-likeness (QED) is 0.530. The second kappa shape index (κ2) is 11.8. The van der Waals surface area contributed by atoms with E-state index in [-0.39, 0.29) is 17.2 Å². The number of hydrogen-bond acceptors (Lipinski definition) is 2. The van der Waals surface area contributed by atoms with Crippen LogP contribution in [0.25, 0.3) is 0 Å². The molecular formula is C28H40N2O2. The number of carbonyl (C=O) groups is 2. The third-order valence-electron chi connectivity index (χ3n) is 5.86. The SMILES string of the molecule is CCCNC(=O)[C@@H](CC)N(Cc1ccc(C)cc1)C(=O)CCc1ccc(C(C)(C)C)cc1. The molecule has 0 bridgehead atoms. The van der Waals surface area contributed by atoms with Crippen molar-refractivity contribution in [3.05, 3.63) is 70.8 Å². The lowest BCUT2D eigenvalue weighted by Crippen LogP contribution is -2.49. The summed E-state index contributed by atoms with van der Waals surface area (Å²) < 4.78 is 0. The van der Waals surface area contributed by atoms with Crippen LogP contribution in [0.3, 0.4) is 0 Å². The molecule has 0 aromatic heterocycles. The van der Waals surface area contributed by atoms with E-state index in [0.29, 0.717) is 32.4 Å². The predicted octanol–water partition coefficient (Wildman–Crippen LogP) is 5.56. The Morgan fingerprint density at radius 3 is 2.06 bits per heavy atom. The van der Waals surface area contributed by atoms with Crippen LogP contribution in [0.5, 0.6) is 0 Å². The Morgan fingerprint density at radius 1 is 0.938 bits per heavy atom. The number of rotatable bonds is 10. The Kier molecular flexibility index (Phi) is 9.49. The standard InChI is InChI=1S/C28H40N2O2/c1-7-19-29-27(32)25(8-2)30(20-23-11-9-21(3)10-12-23)26(31)18-15-22-13-16-24(17-14-22)28(4,5)6/h9-14,16-17,25H,7-8,15,18-20H2,1-6H3,(H,29,32)/t25-/m1/s1. The first kappa shape index (κ1) is 25.6. The van der Waals surface area contributed by atoms with Crippen molar-refractivity contribution in [1.29, 1.82) is 0 Å². The van der Waals surface area contributed by atoms with Gasteiger partial charge in [-0.1, -0.05) is 88.7 Å². The van der Waals surface area contributed by atoms with Gasteiger partial charge in [-0.05, 0) is 48.3 Å². The van der Waals surface area contributed by atoms with Crippen molar-refractivity contribution in [2.45, 2.75) is 85.2 Å². The lowest BCUT2D eigenvalue weighted by atomic mass is 9.86. The van der Waals surface area contributed by atoms with Crippen LogP contribution < -0.4 is 5.32 Å². The third kappa shape index (κ3) is 7.51. The average Bonchev–Trinajstić information content (AvgIpc) is 2.76. The molecule has 0 unspecified atom stereocenters. The maximum Gasteiger partial charge on any atom is 0.242 e. The monoisotopic (exact) mass is 436 g/mol. The molecule has 1 N–H and O–H groups in total. The van der Waals surface area contributed by atoms with Gasteiger partial charge in [0.2, 0.25) is 11.8 Å². The molecule has 2 aromatic carbocycles. The van der Waals surface area contributed by atoms with Crippen LogP contribution in [0.4, 0.5) is 0 Å². The molecule has 0 radical (unpaired) electrons. The summed E-state index contributed by atoms with van der Waals surface area (Å²) >= 11 is 0. The molecule has 4 heteroatoms. The number of carbonyl (C=O) groups excluding carboxylic acids is 2. The normalized spacial score (nSPS) is 12.3. The summed E-state index contributed by atoms with van der Waals surface area (Å²) in [5, 5.41) is 2.97. The van der Waals surface area contributed by atoms with Gasteiger partial charge in [-0.3, -0.25) is 9.59 Å². The van der Waals surface area contributed by atoms with Gasteiger partial charge in [-0.2, -0.15) is 0 Å². The van der Waals surface area contributed by atoms with Crippen LogP contribution in [0, 0.1) is 6.92 Å². The molecule has 2 amide bonds. The highest BCUT2D eigenvalue weighted by Crippen LogP contribution is 2.23. The number of hydrogen-bond donors (Lipinski definition) is 1. The molecule has 2 aromatic rings. The van der Waals surface area contributed by atoms with E-state index in [1.807, 2.05) is 45.0 Å². The fourth-order valence-electron chi connectivity index (χ4n) is 3.74. The lowest BCUT2D eigenvalue weighted by Gasteiger charge is -2.31. The van der Waals surface area contributed by atoms with Crippen LogP contribution in [0.2, 0.25) is 0 Å². The van der Waals surface area contributed by atoms with Crippen molar-refractivity contribution in [2.75, 3.05) is 6.54 Å². The van der Waals surface area contributed by atoms with Gasteiger partial charge in [0, 0.05) is 19.5 Å². The van der Waals surface area contributed by atoms with Gasteiger partial charge in [-0.15, -0.1) is 0 Å². The summed E-state index contributed by atoms with van der Waals surface area (Å²) in [4.78, 5) is 27.9. The Hall–Kier alpha value is -2.62. The van der Waals surface area contributed by atoms with Crippen LogP contribution in [-0.2, 0) is 28.0 Å². The largest absolute Gasteiger partial charge is 0.354 e. The zero-order chi connectivity index (χ0) is 23.7. The fourth-order valence-corrected chi connectivity index (χ4v) is 3.74. The average molecular weight is 437 g/mol. The van der Waals surface area contributed by atoms with Crippen molar-refractivity contribution in [3.8, 4) is 0 Å². The van der Waals surface area contributed by atoms with E-state index in [1.54, 1.807) is 4.90 Å². The van der Waals surface area contributed by atoms with Gasteiger partial charge in [0.05, 0.1) is 0 Å². The summed E-state index contributed by atoms with van der Waals surface area (Å²) in [6.07, 6.45) is 2.52. The highest BCUT2D eigenvalue weighted by molar-refractivity contribution is 5.87. The molecule has 0 spiro atoms. The number of amides is 2. The topological polar surface area (TPSA) is 49.4 Å². The molecule has 174 valence electrons. The van der Waals surface area contributed by atoms with E-state index in [4.69, 9.17) is 0 Å². The first-order valence-corrected chi connectivity index (χ1v) is 11.9. The Labute approximate surface area is 194 Å². The molecule has 0 aliphatic rings. The molecule has 2 rings (SSSR count). The number of nitrogens with one attached hydrogen (secondary N) is 1. The number of nitrogens with zero attached hydrogens (tertiary/aromatic N) is 1. The zero-order valence-corrected chi connectivity index (χ0v) is 20.7. The summed E-state index contributed by atoms with van der Waals surface area (Å²) in [6.45, 7) is 13.7. The molecule has 1 atom stereocenters. The Morgan fingerprint density at radius 2 is 1.53 bits per heavy atom. The van der Waals surface area contributed by atoms with Crippen LogP contribution in [0.15, 0.2) is 48.5 Å². The smallest absolute Gasteiger partial charge is 0.242 e. The van der Waals surface area contributed by atoms with E-state index < -0.39 is 6.04 Å². The van der Waals surface area contributed by atoms with E-state index in [9.17, 15) is 9.59 Å². The molecule has 0 saturated heterocycles. The van der Waals surface area contributed by atoms with Crippen molar-refractivity contribution in [3.63, 3.8) is 0 Å². The molecule has 0 saturated carbocycles. The summed E-state index contributed by atoms with van der Waals surface area (Å²) in [5.41, 5.74) is 4.76. The van der Waals surface area contributed by atoms with Gasteiger partial charge < -0.3 is 10.2 Å². The highest BCUT2D eigenvalue weighted by atomic mass is 16.2. The number of aryl methyl sites for hydroxylation is 2. The Bertz CT molecular complexity index is 864. The molecule has 0 heterocycles. The summed E-state index contributed by atoms with van der Waals surface area (Å²) in [7, 11) is 0. The van der Waals surface area contributed by atoms with Crippen LogP contribution in [-0.4, -0.2) is 29.3 Å². The van der Waals surface area contributed by atoms with E-state index >= 15 is 0 Å². The summed E-state index contributed by atoms with van der Waals surface area (Å²) in [5.74, 6) is -0.0479.